The van der Waals surface area contributed by atoms with Gasteiger partial charge in [-0.05, 0) is 44.0 Å². The molecule has 0 N–H and O–H groups in total. The van der Waals surface area contributed by atoms with E-state index in [-0.39, 0.29) is 5.91 Å². The molecule has 2 fully saturated rings. The van der Waals surface area contributed by atoms with E-state index in [0.717, 1.165) is 50.1 Å². The van der Waals surface area contributed by atoms with Gasteiger partial charge in [-0.15, -0.1) is 0 Å². The summed E-state index contributed by atoms with van der Waals surface area (Å²) >= 11 is 0. The van der Waals surface area contributed by atoms with Gasteiger partial charge in [-0.1, -0.05) is 6.58 Å². The molecule has 1 amide bonds. The third-order valence-electron chi connectivity index (χ3n) is 6.72. The van der Waals surface area contributed by atoms with Crippen LogP contribution in [-0.2, 0) is 11.8 Å². The first-order valence-electron chi connectivity index (χ1n) is 11.2. The Morgan fingerprint density at radius 2 is 2.03 bits per heavy atom. The largest absolute Gasteiger partial charge is 0.491 e. The standard InChI is InChI=1S/C24H27N7O2/c1-3-23(32)30-14-21(15-30)29-6-4-17(5-7-29)16-33-22-8-18(20-11-26-28(2)12-20)13-31-24(22)19(9-25)10-27-31/h3,8,10-13,17,21H,1,4-7,14-16H2,2H3. The molecule has 0 radical (unpaired) electrons. The maximum Gasteiger partial charge on any atom is 0.246 e. The number of ether oxygens (including phenoxy) is 1. The summed E-state index contributed by atoms with van der Waals surface area (Å²) in [6.07, 6.45) is 10.7. The first kappa shape index (κ1) is 21.2. The van der Waals surface area contributed by atoms with Gasteiger partial charge in [-0.2, -0.15) is 15.5 Å². The Bertz CT molecular complexity index is 1220. The number of hydrogen-bond donors (Lipinski definition) is 0. The van der Waals surface area contributed by atoms with E-state index < -0.39 is 0 Å². The van der Waals surface area contributed by atoms with Crippen LogP contribution in [0.5, 0.6) is 5.75 Å². The van der Waals surface area contributed by atoms with Crippen molar-refractivity contribution in [2.75, 3.05) is 32.8 Å². The van der Waals surface area contributed by atoms with Gasteiger partial charge in [-0.25, -0.2) is 4.52 Å². The van der Waals surface area contributed by atoms with Gasteiger partial charge in [0.1, 0.15) is 22.9 Å². The highest BCUT2D eigenvalue weighted by Crippen LogP contribution is 2.31. The number of nitriles is 1. The molecule has 170 valence electrons. The maximum absolute atomic E-state index is 11.7. The van der Waals surface area contributed by atoms with Crippen molar-refractivity contribution in [1.29, 1.82) is 5.26 Å². The van der Waals surface area contributed by atoms with Crippen LogP contribution in [0.1, 0.15) is 18.4 Å². The molecule has 0 saturated carbocycles. The lowest BCUT2D eigenvalue weighted by Gasteiger charge is -2.47. The Balaban J connectivity index is 1.24. The number of nitrogens with zero attached hydrogens (tertiary/aromatic N) is 7. The minimum Gasteiger partial charge on any atom is -0.491 e. The molecule has 0 bridgehead atoms. The Hall–Kier alpha value is -3.64. The quantitative estimate of drug-likeness (QED) is 0.540. The molecule has 2 aliphatic rings. The van der Waals surface area contributed by atoms with Gasteiger partial charge in [0, 0.05) is 49.7 Å². The normalized spacial score (nSPS) is 17.6. The van der Waals surface area contributed by atoms with Crippen molar-refractivity contribution in [2.45, 2.75) is 18.9 Å². The summed E-state index contributed by atoms with van der Waals surface area (Å²) < 4.78 is 9.78. The number of pyridine rings is 1. The van der Waals surface area contributed by atoms with Crippen LogP contribution >= 0.6 is 0 Å². The second kappa shape index (κ2) is 8.71. The van der Waals surface area contributed by atoms with E-state index in [1.54, 1.807) is 21.6 Å². The monoisotopic (exact) mass is 445 g/mol. The fourth-order valence-electron chi connectivity index (χ4n) is 4.69. The van der Waals surface area contributed by atoms with E-state index >= 15 is 0 Å². The number of hydrogen-bond acceptors (Lipinski definition) is 6. The zero-order chi connectivity index (χ0) is 22.9. The van der Waals surface area contributed by atoms with Gasteiger partial charge in [0.25, 0.3) is 0 Å². The lowest BCUT2D eigenvalue weighted by molar-refractivity contribution is -0.133. The molecule has 3 aromatic heterocycles. The number of amides is 1. The second-order valence-corrected chi connectivity index (χ2v) is 8.85. The van der Waals surface area contributed by atoms with E-state index in [2.05, 4.69) is 27.7 Å². The molecule has 5 rings (SSSR count). The van der Waals surface area contributed by atoms with Gasteiger partial charge in [0.05, 0.1) is 19.0 Å². The molecule has 0 atom stereocenters. The van der Waals surface area contributed by atoms with Crippen LogP contribution in [-0.4, -0.2) is 73.9 Å². The zero-order valence-corrected chi connectivity index (χ0v) is 18.7. The van der Waals surface area contributed by atoms with Crippen LogP contribution in [0.4, 0.5) is 0 Å². The van der Waals surface area contributed by atoms with Crippen LogP contribution in [0.2, 0.25) is 0 Å². The van der Waals surface area contributed by atoms with E-state index in [4.69, 9.17) is 4.74 Å². The van der Waals surface area contributed by atoms with Crippen molar-refractivity contribution in [1.82, 2.24) is 29.2 Å². The van der Waals surface area contributed by atoms with Crippen molar-refractivity contribution < 1.29 is 9.53 Å². The number of likely N-dealkylation sites (tertiary alicyclic amines) is 2. The van der Waals surface area contributed by atoms with Crippen LogP contribution < -0.4 is 4.74 Å². The molecule has 0 aliphatic carbocycles. The fraction of sp³-hybridized carbons (Fsp3) is 0.417. The highest BCUT2D eigenvalue weighted by molar-refractivity contribution is 5.87. The lowest BCUT2D eigenvalue weighted by atomic mass is 9.95. The smallest absolute Gasteiger partial charge is 0.246 e. The zero-order valence-electron chi connectivity index (χ0n) is 18.7. The van der Waals surface area contributed by atoms with Gasteiger partial charge in [0.15, 0.2) is 0 Å². The molecule has 2 saturated heterocycles. The molecule has 9 heteroatoms. The Labute approximate surface area is 192 Å². The van der Waals surface area contributed by atoms with E-state index in [9.17, 15) is 10.1 Å². The number of carbonyl (C=O) groups is 1. The first-order chi connectivity index (χ1) is 16.1. The van der Waals surface area contributed by atoms with Gasteiger partial charge < -0.3 is 9.64 Å². The summed E-state index contributed by atoms with van der Waals surface area (Å²) in [7, 11) is 1.88. The molecule has 0 unspecified atom stereocenters. The molecule has 9 nitrogen and oxygen atoms in total. The van der Waals surface area contributed by atoms with Crippen LogP contribution in [0, 0.1) is 17.2 Å². The fourth-order valence-corrected chi connectivity index (χ4v) is 4.69. The van der Waals surface area contributed by atoms with E-state index in [0.29, 0.717) is 35.4 Å². The Morgan fingerprint density at radius 3 is 2.70 bits per heavy atom. The van der Waals surface area contributed by atoms with E-state index in [1.165, 1.54) is 6.08 Å². The Kier molecular flexibility index (Phi) is 5.60. The first-order valence-corrected chi connectivity index (χ1v) is 11.2. The molecule has 3 aromatic rings. The summed E-state index contributed by atoms with van der Waals surface area (Å²) in [5.74, 6) is 1.14. The molecule has 33 heavy (non-hydrogen) atoms. The summed E-state index contributed by atoms with van der Waals surface area (Å²) in [4.78, 5) is 16.0. The summed E-state index contributed by atoms with van der Waals surface area (Å²) in [6, 6.07) is 4.65. The maximum atomic E-state index is 11.7. The summed E-state index contributed by atoms with van der Waals surface area (Å²) in [5, 5.41) is 18.1. The predicted octanol–water partition coefficient (Wildman–Crippen LogP) is 2.09. The van der Waals surface area contributed by atoms with Crippen molar-refractivity contribution in [3.8, 4) is 22.9 Å². The second-order valence-electron chi connectivity index (χ2n) is 8.85. The average Bonchev–Trinajstić information content (AvgIpc) is 3.43. The number of fused-ring (bicyclic) bond motifs is 1. The molecular weight excluding hydrogens is 418 g/mol. The predicted molar refractivity (Wildman–Crippen MR) is 122 cm³/mol. The molecular formula is C24H27N7O2. The number of aromatic nitrogens is 4. The van der Waals surface area contributed by atoms with Crippen molar-refractivity contribution >= 4 is 11.4 Å². The average molecular weight is 446 g/mol. The highest BCUT2D eigenvalue weighted by Gasteiger charge is 2.35. The third-order valence-corrected chi connectivity index (χ3v) is 6.72. The van der Waals surface area contributed by atoms with Crippen LogP contribution in [0.3, 0.4) is 0 Å². The lowest BCUT2D eigenvalue weighted by Crippen LogP contribution is -2.62. The topological polar surface area (TPSA) is 91.7 Å². The van der Waals surface area contributed by atoms with Crippen molar-refractivity contribution in [3.63, 3.8) is 0 Å². The Morgan fingerprint density at radius 1 is 1.24 bits per heavy atom. The van der Waals surface area contributed by atoms with Gasteiger partial charge in [-0.3, -0.25) is 14.4 Å². The molecule has 0 spiro atoms. The van der Waals surface area contributed by atoms with Crippen molar-refractivity contribution in [3.05, 3.63) is 49.1 Å². The number of carbonyl (C=O) groups excluding carboxylic acids is 1. The van der Waals surface area contributed by atoms with Crippen molar-refractivity contribution in [2.24, 2.45) is 13.0 Å². The van der Waals surface area contributed by atoms with Crippen LogP contribution in [0.15, 0.2) is 43.5 Å². The van der Waals surface area contributed by atoms with E-state index in [1.807, 2.05) is 30.4 Å². The molecule has 2 aliphatic heterocycles. The highest BCUT2D eigenvalue weighted by atomic mass is 16.5. The number of rotatable bonds is 6. The van der Waals surface area contributed by atoms with Gasteiger partial charge in [0.2, 0.25) is 5.91 Å². The third kappa shape index (κ3) is 4.10. The minimum atomic E-state index is 0.0194. The summed E-state index contributed by atoms with van der Waals surface area (Å²) in [5.41, 5.74) is 3.11. The molecule has 0 aromatic carbocycles. The number of piperidine rings is 1. The SMILES string of the molecule is C=CC(=O)N1CC(N2CCC(COc3cc(-c4cnn(C)c4)cn4ncc(C#N)c34)CC2)C1. The molecule has 5 heterocycles. The van der Waals surface area contributed by atoms with Gasteiger partial charge >= 0.3 is 0 Å². The number of aryl methyl sites for hydroxylation is 1. The minimum absolute atomic E-state index is 0.0194. The summed E-state index contributed by atoms with van der Waals surface area (Å²) in [6.45, 7) is 7.77. The van der Waals surface area contributed by atoms with Crippen LogP contribution in [0.25, 0.3) is 16.6 Å².